The van der Waals surface area contributed by atoms with Crippen LogP contribution in [0.15, 0.2) is 42.9 Å². The molecule has 0 amide bonds. The molecular weight excluding hydrogens is 361 g/mol. The minimum atomic E-state index is -4.79. The monoisotopic (exact) mass is 378 g/mol. The minimum Gasteiger partial charge on any atom is -0.405 e. The Kier molecular flexibility index (Phi) is 4.39. The fraction of sp³-hybridized carbons (Fsp3) is 0.333. The molecule has 0 bridgehead atoms. The van der Waals surface area contributed by atoms with Crippen molar-refractivity contribution in [2.45, 2.75) is 25.3 Å². The lowest BCUT2D eigenvalue weighted by molar-refractivity contribution is -0.274. The highest BCUT2D eigenvalue weighted by Gasteiger charge is 2.32. The van der Waals surface area contributed by atoms with E-state index in [1.54, 1.807) is 28.9 Å². The van der Waals surface area contributed by atoms with E-state index in [0.717, 1.165) is 0 Å². The molecule has 1 fully saturated rings. The van der Waals surface area contributed by atoms with Crippen LogP contribution in [0.25, 0.3) is 16.9 Å². The molecule has 142 valence electrons. The first-order chi connectivity index (χ1) is 12.9. The number of anilines is 1. The zero-order valence-electron chi connectivity index (χ0n) is 14.2. The second kappa shape index (κ2) is 6.73. The number of aliphatic hydroxyl groups excluding tert-OH is 1. The van der Waals surface area contributed by atoms with Crippen LogP contribution in [0, 0.1) is 0 Å². The summed E-state index contributed by atoms with van der Waals surface area (Å²) >= 11 is 0. The number of rotatable bonds is 3. The maximum Gasteiger partial charge on any atom is 0.573 e. The fourth-order valence-corrected chi connectivity index (χ4v) is 3.33. The summed E-state index contributed by atoms with van der Waals surface area (Å²) in [6.45, 7) is 1.25. The van der Waals surface area contributed by atoms with E-state index in [9.17, 15) is 18.3 Å². The first-order valence-electron chi connectivity index (χ1n) is 8.52. The summed E-state index contributed by atoms with van der Waals surface area (Å²) in [5, 5.41) is 9.74. The number of piperidine rings is 1. The predicted octanol–water partition coefficient (Wildman–Crippen LogP) is 3.26. The molecule has 0 atom stereocenters. The Morgan fingerprint density at radius 1 is 1.07 bits per heavy atom. The van der Waals surface area contributed by atoms with E-state index in [1.165, 1.54) is 18.3 Å². The van der Waals surface area contributed by atoms with Gasteiger partial charge in [-0.05, 0) is 25.0 Å². The van der Waals surface area contributed by atoms with Crippen molar-refractivity contribution in [2.75, 3.05) is 18.0 Å². The maximum absolute atomic E-state index is 12.8. The summed E-state index contributed by atoms with van der Waals surface area (Å²) in [6.07, 6.45) is 0.836. The van der Waals surface area contributed by atoms with Gasteiger partial charge in [-0.25, -0.2) is 4.98 Å². The highest BCUT2D eigenvalue weighted by atomic mass is 19.4. The van der Waals surface area contributed by atoms with E-state index in [1.807, 2.05) is 4.90 Å². The van der Waals surface area contributed by atoms with Crippen molar-refractivity contribution in [3.63, 3.8) is 0 Å². The van der Waals surface area contributed by atoms with Gasteiger partial charge >= 0.3 is 6.36 Å². The van der Waals surface area contributed by atoms with Crippen LogP contribution in [-0.4, -0.2) is 45.0 Å². The van der Waals surface area contributed by atoms with Crippen LogP contribution in [0.4, 0.5) is 19.0 Å². The summed E-state index contributed by atoms with van der Waals surface area (Å²) in [4.78, 5) is 10.5. The van der Waals surface area contributed by atoms with E-state index in [4.69, 9.17) is 0 Å². The number of ether oxygens (including phenoxy) is 1. The molecule has 0 saturated carbocycles. The average Bonchev–Trinajstić information content (AvgIpc) is 3.06. The Balaban J connectivity index is 1.82. The van der Waals surface area contributed by atoms with Crippen molar-refractivity contribution < 1.29 is 23.0 Å². The first-order valence-corrected chi connectivity index (χ1v) is 8.52. The van der Waals surface area contributed by atoms with Crippen LogP contribution in [-0.2, 0) is 0 Å². The summed E-state index contributed by atoms with van der Waals surface area (Å²) in [5.74, 6) is 0.428. The Hall–Kier alpha value is -2.81. The highest BCUT2D eigenvalue weighted by Crippen LogP contribution is 2.35. The smallest absolute Gasteiger partial charge is 0.405 e. The van der Waals surface area contributed by atoms with Gasteiger partial charge in [0.2, 0.25) is 0 Å². The Labute approximate surface area is 152 Å². The summed E-state index contributed by atoms with van der Waals surface area (Å²) in [5.41, 5.74) is 1.29. The largest absolute Gasteiger partial charge is 0.573 e. The molecular formula is C18H17F3N4O2. The number of aromatic nitrogens is 3. The lowest BCUT2D eigenvalue weighted by Crippen LogP contribution is -2.36. The molecule has 1 aliphatic heterocycles. The molecule has 27 heavy (non-hydrogen) atoms. The molecule has 1 saturated heterocycles. The second-order valence-electron chi connectivity index (χ2n) is 6.36. The highest BCUT2D eigenvalue weighted by molar-refractivity contribution is 5.72. The van der Waals surface area contributed by atoms with Crippen LogP contribution in [0.3, 0.4) is 0 Å². The zero-order chi connectivity index (χ0) is 19.0. The van der Waals surface area contributed by atoms with E-state index in [0.29, 0.717) is 43.1 Å². The number of fused-ring (bicyclic) bond motifs is 1. The quantitative estimate of drug-likeness (QED) is 0.758. The number of para-hydroxylation sites is 1. The molecule has 0 spiro atoms. The van der Waals surface area contributed by atoms with Gasteiger partial charge in [0.05, 0.1) is 30.4 Å². The van der Waals surface area contributed by atoms with E-state index >= 15 is 0 Å². The zero-order valence-corrected chi connectivity index (χ0v) is 14.2. The van der Waals surface area contributed by atoms with Gasteiger partial charge in [0.15, 0.2) is 5.65 Å². The molecule has 1 aliphatic rings. The van der Waals surface area contributed by atoms with Gasteiger partial charge in [0.25, 0.3) is 0 Å². The number of alkyl halides is 3. The Bertz CT molecular complexity index is 949. The average molecular weight is 378 g/mol. The van der Waals surface area contributed by atoms with Crippen molar-refractivity contribution in [3.8, 4) is 17.0 Å². The summed E-state index contributed by atoms with van der Waals surface area (Å²) in [7, 11) is 0. The molecule has 0 radical (unpaired) electrons. The lowest BCUT2D eigenvalue weighted by Gasteiger charge is -2.31. The van der Waals surface area contributed by atoms with Crippen molar-refractivity contribution in [1.82, 2.24) is 14.4 Å². The third kappa shape index (κ3) is 3.55. The normalized spacial score (nSPS) is 16.1. The van der Waals surface area contributed by atoms with Gasteiger partial charge in [0, 0.05) is 18.7 Å². The summed E-state index contributed by atoms with van der Waals surface area (Å²) < 4.78 is 44.4. The number of imidazole rings is 1. The number of aliphatic hydroxyl groups is 1. The Morgan fingerprint density at radius 3 is 2.56 bits per heavy atom. The fourth-order valence-electron chi connectivity index (χ4n) is 3.33. The molecule has 2 aromatic heterocycles. The number of hydrogen-bond acceptors (Lipinski definition) is 5. The maximum atomic E-state index is 12.8. The van der Waals surface area contributed by atoms with E-state index in [-0.39, 0.29) is 17.4 Å². The van der Waals surface area contributed by atoms with E-state index < -0.39 is 6.36 Å². The van der Waals surface area contributed by atoms with Crippen LogP contribution in [0.2, 0.25) is 0 Å². The number of benzene rings is 1. The molecule has 1 N–H and O–H groups in total. The third-order valence-electron chi connectivity index (χ3n) is 4.58. The minimum absolute atomic E-state index is 0.284. The standard InChI is InChI=1S/C18H17F3N4O2/c19-18(20,21)27-15-4-2-1-3-13(15)14-9-23-16-10-22-11-17(25(14)16)24-7-5-12(26)6-8-24/h1-4,9-12,26H,5-8H2. The van der Waals surface area contributed by atoms with Crippen molar-refractivity contribution in [2.24, 2.45) is 0 Å². The van der Waals surface area contributed by atoms with Gasteiger partial charge < -0.3 is 14.7 Å². The van der Waals surface area contributed by atoms with Crippen molar-refractivity contribution in [3.05, 3.63) is 42.9 Å². The van der Waals surface area contributed by atoms with Crippen LogP contribution in [0.5, 0.6) is 5.75 Å². The number of nitrogens with zero attached hydrogens (tertiary/aromatic N) is 4. The molecule has 1 aromatic carbocycles. The topological polar surface area (TPSA) is 62.9 Å². The van der Waals surface area contributed by atoms with Crippen LogP contribution < -0.4 is 9.64 Å². The van der Waals surface area contributed by atoms with E-state index in [2.05, 4.69) is 14.7 Å². The molecule has 9 heteroatoms. The van der Waals surface area contributed by atoms with Crippen molar-refractivity contribution >= 4 is 11.5 Å². The van der Waals surface area contributed by atoms with Gasteiger partial charge in [-0.1, -0.05) is 12.1 Å². The van der Waals surface area contributed by atoms with Crippen molar-refractivity contribution in [1.29, 1.82) is 0 Å². The van der Waals surface area contributed by atoms with Crippen LogP contribution in [0.1, 0.15) is 12.8 Å². The van der Waals surface area contributed by atoms with Gasteiger partial charge in [-0.2, -0.15) is 0 Å². The molecule has 6 nitrogen and oxygen atoms in total. The van der Waals surface area contributed by atoms with Gasteiger partial charge in [-0.3, -0.25) is 9.38 Å². The summed E-state index contributed by atoms with van der Waals surface area (Å²) in [6, 6.07) is 5.98. The number of halogens is 3. The molecule has 3 aromatic rings. The molecule has 0 unspecified atom stereocenters. The first kappa shape index (κ1) is 17.6. The molecule has 0 aliphatic carbocycles. The predicted molar refractivity (Wildman–Crippen MR) is 92.6 cm³/mol. The molecule has 4 rings (SSSR count). The third-order valence-corrected chi connectivity index (χ3v) is 4.58. The molecule has 3 heterocycles. The van der Waals surface area contributed by atoms with Gasteiger partial charge in [0.1, 0.15) is 11.6 Å². The number of hydrogen-bond donors (Lipinski definition) is 1. The van der Waals surface area contributed by atoms with Crippen LogP contribution >= 0.6 is 0 Å². The lowest BCUT2D eigenvalue weighted by atomic mass is 10.1. The SMILES string of the molecule is OC1CCN(c2cncc3ncc(-c4ccccc4OC(F)(F)F)n23)CC1. The Morgan fingerprint density at radius 2 is 1.81 bits per heavy atom. The second-order valence-corrected chi connectivity index (χ2v) is 6.36. The van der Waals surface area contributed by atoms with Gasteiger partial charge in [-0.15, -0.1) is 13.2 Å².